The van der Waals surface area contributed by atoms with Crippen molar-refractivity contribution in [3.63, 3.8) is 0 Å². The van der Waals surface area contributed by atoms with Crippen molar-refractivity contribution in [2.45, 2.75) is 185 Å². The van der Waals surface area contributed by atoms with Gasteiger partial charge in [-0.1, -0.05) is 27.7 Å². The van der Waals surface area contributed by atoms with E-state index in [1.54, 1.807) is 51.8 Å². The predicted octanol–water partition coefficient (Wildman–Crippen LogP) is 6.08. The van der Waals surface area contributed by atoms with Crippen molar-refractivity contribution in [1.29, 1.82) is 0 Å². The summed E-state index contributed by atoms with van der Waals surface area (Å²) in [5.41, 5.74) is -10.6. The third-order valence-corrected chi connectivity index (χ3v) is 17.5. The van der Waals surface area contributed by atoms with Crippen LogP contribution in [0.15, 0.2) is 0 Å². The minimum Gasteiger partial charge on any atom is -0.464 e. The highest BCUT2D eigenvalue weighted by molar-refractivity contribution is 5.86. The van der Waals surface area contributed by atoms with Crippen molar-refractivity contribution in [1.82, 2.24) is 9.80 Å². The fraction of sp³-hybridized carbons (Fsp3) is 0.848. The van der Waals surface area contributed by atoms with Crippen LogP contribution in [0.2, 0.25) is 0 Å². The molecule has 0 aromatic carbocycles. The van der Waals surface area contributed by atoms with Crippen molar-refractivity contribution in [3.8, 4) is 0 Å². The van der Waals surface area contributed by atoms with E-state index in [-0.39, 0.29) is 51.7 Å². The Kier molecular flexibility index (Phi) is 33.4. The van der Waals surface area contributed by atoms with Crippen molar-refractivity contribution >= 4 is 59.7 Å². The van der Waals surface area contributed by atoms with E-state index >= 15 is 0 Å². The molecule has 92 heavy (non-hydrogen) atoms. The number of hydrogen-bond acceptors (Lipinski definition) is 26. The van der Waals surface area contributed by atoms with E-state index in [0.29, 0.717) is 52.0 Å². The number of carbonyl (C=O) groups is 10. The van der Waals surface area contributed by atoms with Crippen LogP contribution in [0.5, 0.6) is 0 Å². The molecule has 0 radical (unpaired) electrons. The summed E-state index contributed by atoms with van der Waals surface area (Å²) >= 11 is 0. The number of esters is 10. The summed E-state index contributed by atoms with van der Waals surface area (Å²) in [6, 6.07) is 0. The molecule has 0 bridgehead atoms. The molecule has 528 valence electrons. The van der Waals surface area contributed by atoms with Gasteiger partial charge in [0.2, 0.25) is 12.6 Å². The van der Waals surface area contributed by atoms with E-state index < -0.39 is 207 Å². The topological polar surface area (TPSA) is 328 Å². The van der Waals surface area contributed by atoms with Gasteiger partial charge < -0.3 is 76.9 Å². The van der Waals surface area contributed by atoms with Gasteiger partial charge in [0, 0.05) is 25.9 Å². The summed E-state index contributed by atoms with van der Waals surface area (Å²) in [5, 5.41) is 19.7. The van der Waals surface area contributed by atoms with E-state index in [2.05, 4.69) is 0 Å². The lowest BCUT2D eigenvalue weighted by atomic mass is 9.62. The maximum atomic E-state index is 14.9. The Morgan fingerprint density at radius 3 is 1.00 bits per heavy atom. The van der Waals surface area contributed by atoms with E-state index in [1.165, 1.54) is 55.4 Å². The fourth-order valence-corrected chi connectivity index (χ4v) is 13.0. The summed E-state index contributed by atoms with van der Waals surface area (Å²) in [7, 11) is 7.10. The zero-order valence-corrected chi connectivity index (χ0v) is 57.4. The first-order valence-electron chi connectivity index (χ1n) is 32.7. The molecule has 3 rings (SSSR count). The molecule has 0 aromatic rings. The molecule has 0 aromatic heterocycles. The molecule has 0 aliphatic carbocycles. The first-order valence-corrected chi connectivity index (χ1v) is 32.7. The van der Waals surface area contributed by atoms with Crippen molar-refractivity contribution < 1.29 is 115 Å². The third kappa shape index (κ3) is 25.3. The van der Waals surface area contributed by atoms with Crippen LogP contribution < -0.4 is 0 Å². The van der Waals surface area contributed by atoms with Crippen molar-refractivity contribution in [2.24, 2.45) is 56.2 Å². The Morgan fingerprint density at radius 2 is 0.717 bits per heavy atom. The van der Waals surface area contributed by atoms with Gasteiger partial charge in [-0.05, 0) is 160 Å². The predicted molar refractivity (Wildman–Crippen MR) is 330 cm³/mol. The first kappa shape index (κ1) is 80.7. The van der Waals surface area contributed by atoms with Gasteiger partial charge >= 0.3 is 59.7 Å². The van der Waals surface area contributed by atoms with Gasteiger partial charge in [0.25, 0.3) is 0 Å². The van der Waals surface area contributed by atoms with Crippen molar-refractivity contribution in [3.05, 3.63) is 0 Å². The molecule has 0 spiro atoms. The summed E-state index contributed by atoms with van der Waals surface area (Å²) in [5.74, 6) is -12.6. The van der Waals surface area contributed by atoms with Crippen LogP contribution in [0.1, 0.15) is 172 Å². The van der Waals surface area contributed by atoms with Crippen LogP contribution in [0.25, 0.3) is 0 Å². The SMILES string of the molecule is CCC1CC(C)(C(=O)OC2CCCCO2)CC(C)(C(=O)OCCO)CC(C)(C(=O)OCCN(C)C)CC(C)C(=O)OCCOC(=O)C(CC)CC(C)(C(=O)OC2CCCCO2)CC(C)(C(=O)OCCO)CC(C)(C(=O)OCCN(C)C)CC(C)C(=O)OCCOC1=O. The van der Waals surface area contributed by atoms with E-state index in [9.17, 15) is 58.2 Å². The lowest BCUT2D eigenvalue weighted by Gasteiger charge is -2.42. The average Bonchev–Trinajstić information content (AvgIpc) is 0.794. The number of aliphatic hydroxyl groups is 2. The highest BCUT2D eigenvalue weighted by Gasteiger charge is 2.56. The van der Waals surface area contributed by atoms with E-state index in [4.69, 9.17) is 56.8 Å². The van der Waals surface area contributed by atoms with Gasteiger partial charge in [-0.15, -0.1) is 0 Å². The molecule has 3 aliphatic heterocycles. The second kappa shape index (κ2) is 38.1. The molecule has 3 aliphatic rings. The lowest BCUT2D eigenvalue weighted by Crippen LogP contribution is -2.48. The van der Waals surface area contributed by atoms with Gasteiger partial charge in [0.15, 0.2) is 0 Å². The molecule has 26 nitrogen and oxygen atoms in total. The number of cyclic esters (lactones) is 4. The van der Waals surface area contributed by atoms with E-state index in [0.717, 1.165) is 12.8 Å². The number of ether oxygens (including phenoxy) is 12. The third-order valence-electron chi connectivity index (χ3n) is 17.5. The first-order chi connectivity index (χ1) is 43.2. The van der Waals surface area contributed by atoms with Crippen molar-refractivity contribution in [2.75, 3.05) is 121 Å². The summed E-state index contributed by atoms with van der Waals surface area (Å²) in [6.07, 6.45) is -0.941. The average molecular weight is 1320 g/mol. The van der Waals surface area contributed by atoms with Crippen LogP contribution in [0.4, 0.5) is 0 Å². The maximum absolute atomic E-state index is 14.9. The summed E-state index contributed by atoms with van der Waals surface area (Å²) in [6.45, 7) is 12.6. The Morgan fingerprint density at radius 1 is 0.424 bits per heavy atom. The fourth-order valence-electron chi connectivity index (χ4n) is 13.0. The zero-order valence-electron chi connectivity index (χ0n) is 57.4. The van der Waals surface area contributed by atoms with E-state index in [1.807, 2.05) is 0 Å². The number of aliphatic hydroxyl groups excluding tert-OH is 2. The standard InChI is InChI=1S/C66H110N2O24/c1-15-47-39-63(7,59(79)91-49-21-17-19-27-81-49)43-65(9,57(77)89-31-25-69)41-61(5,55(75)87-29-23-67(11)12)37-46(4)52(72)84-34-36-86-54(74)48(16-2)40-64(8,60(80)92-50-22-18-20-28-82-50)44-66(10,58(78)90-32-26-70)42-62(6,56(76)88-30-24-68(13)14)38-45(3)51(71)83-33-35-85-53(47)73/h45-50,69-70H,15-44H2,1-14H3. The zero-order chi connectivity index (χ0) is 69.1. The molecular formula is C66H110N2O24. The monoisotopic (exact) mass is 1310 g/mol. The minimum absolute atomic E-state index is 0.0842. The molecule has 12 atom stereocenters. The van der Waals surface area contributed by atoms with Crippen LogP contribution >= 0.6 is 0 Å². The number of carbonyl (C=O) groups excluding carboxylic acids is 10. The highest BCUT2D eigenvalue weighted by atomic mass is 16.7. The quantitative estimate of drug-likeness (QED) is 0.103. The summed E-state index contributed by atoms with van der Waals surface area (Å²) < 4.78 is 69.4. The van der Waals surface area contributed by atoms with Crippen LogP contribution in [0, 0.1) is 56.2 Å². The maximum Gasteiger partial charge on any atom is 0.314 e. The molecule has 3 heterocycles. The van der Waals surface area contributed by atoms with Crippen LogP contribution in [-0.2, 0) is 105 Å². The Hall–Kier alpha value is -5.54. The molecular weight excluding hydrogens is 1200 g/mol. The van der Waals surface area contributed by atoms with Crippen LogP contribution in [0.3, 0.4) is 0 Å². The highest BCUT2D eigenvalue weighted by Crippen LogP contribution is 2.52. The number of hydrogen-bond donors (Lipinski definition) is 2. The normalized spacial score (nSPS) is 31.9. The summed E-state index contributed by atoms with van der Waals surface area (Å²) in [4.78, 5) is 149. The number of nitrogens with zero attached hydrogens (tertiary/aromatic N) is 2. The molecule has 26 heteroatoms. The largest absolute Gasteiger partial charge is 0.464 e. The van der Waals surface area contributed by atoms with Crippen LogP contribution in [-0.4, -0.2) is 213 Å². The van der Waals surface area contributed by atoms with Gasteiger partial charge in [0.05, 0.1) is 82.6 Å². The molecule has 3 saturated heterocycles. The Bertz CT molecular complexity index is 2250. The molecule has 12 unspecified atom stereocenters. The van der Waals surface area contributed by atoms with Gasteiger partial charge in [-0.3, -0.25) is 47.9 Å². The molecule has 0 saturated carbocycles. The molecule has 0 amide bonds. The second-order valence-electron chi connectivity index (χ2n) is 27.6. The lowest BCUT2D eigenvalue weighted by molar-refractivity contribution is -0.202. The van der Waals surface area contributed by atoms with Gasteiger partial charge in [-0.2, -0.15) is 0 Å². The second-order valence-corrected chi connectivity index (χ2v) is 27.6. The Balaban J connectivity index is 2.28. The smallest absolute Gasteiger partial charge is 0.314 e. The Labute approximate surface area is 544 Å². The molecule has 3 fully saturated rings. The van der Waals surface area contributed by atoms with Gasteiger partial charge in [0.1, 0.15) is 52.9 Å². The number of likely N-dealkylation sites (N-methyl/N-ethyl adjacent to an activating group) is 2. The molecule has 2 N–H and O–H groups in total. The number of rotatable bonds is 20. The minimum atomic E-state index is -1.83. The van der Waals surface area contributed by atoms with Gasteiger partial charge in [-0.25, -0.2) is 0 Å².